The molecule has 0 fully saturated rings. The average molecular weight is 304 g/mol. The van der Waals surface area contributed by atoms with Crippen LogP contribution in [0.4, 0.5) is 18.9 Å². The number of amides is 1. The Kier molecular flexibility index (Phi) is 5.87. The molecule has 118 valence electrons. The molecular weight excluding hydrogens is 285 g/mol. The minimum Gasteiger partial charge on any atom is -0.406 e. The van der Waals surface area contributed by atoms with Crippen molar-refractivity contribution < 1.29 is 22.7 Å². The van der Waals surface area contributed by atoms with E-state index >= 15 is 0 Å². The number of nitrogens with zero attached hydrogens (tertiary/aromatic N) is 1. The smallest absolute Gasteiger partial charge is 0.406 e. The van der Waals surface area contributed by atoms with Gasteiger partial charge in [-0.3, -0.25) is 4.79 Å². The number of carbonyl (C=O) groups is 1. The topological polar surface area (TPSA) is 41.6 Å². The number of benzene rings is 1. The van der Waals surface area contributed by atoms with E-state index in [-0.39, 0.29) is 11.7 Å². The molecule has 7 heteroatoms. The molecule has 0 aliphatic heterocycles. The molecular formula is C14H19F3N2O2. The zero-order valence-electron chi connectivity index (χ0n) is 12.2. The standard InChI is InChI=1S/C14H19F3N2O2/c1-4-19(5-2)13(20)10(3)18-11-6-8-12(9-7-11)21-14(15,16)17/h6-10,18H,4-5H2,1-3H3. The zero-order valence-corrected chi connectivity index (χ0v) is 12.2. The van der Waals surface area contributed by atoms with E-state index in [1.165, 1.54) is 24.3 Å². The summed E-state index contributed by atoms with van der Waals surface area (Å²) in [6.07, 6.45) is -4.71. The minimum atomic E-state index is -4.71. The van der Waals surface area contributed by atoms with Crippen LogP contribution in [0.25, 0.3) is 0 Å². The molecule has 1 atom stereocenters. The van der Waals surface area contributed by atoms with Gasteiger partial charge in [-0.1, -0.05) is 0 Å². The second-order valence-corrected chi connectivity index (χ2v) is 4.45. The Hall–Kier alpha value is -1.92. The first-order valence-corrected chi connectivity index (χ1v) is 6.68. The fourth-order valence-electron chi connectivity index (χ4n) is 1.87. The highest BCUT2D eigenvalue weighted by atomic mass is 19.4. The third-order valence-electron chi connectivity index (χ3n) is 2.92. The van der Waals surface area contributed by atoms with Gasteiger partial charge >= 0.3 is 6.36 Å². The van der Waals surface area contributed by atoms with E-state index in [2.05, 4.69) is 10.1 Å². The molecule has 1 aromatic rings. The van der Waals surface area contributed by atoms with E-state index in [9.17, 15) is 18.0 Å². The molecule has 0 aliphatic carbocycles. The van der Waals surface area contributed by atoms with Crippen LogP contribution in [0.1, 0.15) is 20.8 Å². The molecule has 1 aromatic carbocycles. The van der Waals surface area contributed by atoms with Gasteiger partial charge in [-0.25, -0.2) is 0 Å². The van der Waals surface area contributed by atoms with Gasteiger partial charge in [0, 0.05) is 18.8 Å². The summed E-state index contributed by atoms with van der Waals surface area (Å²) in [4.78, 5) is 13.7. The molecule has 0 saturated carbocycles. The minimum absolute atomic E-state index is 0.0596. The summed E-state index contributed by atoms with van der Waals surface area (Å²) >= 11 is 0. The summed E-state index contributed by atoms with van der Waals surface area (Å²) in [5.41, 5.74) is 0.553. The van der Waals surface area contributed by atoms with Crippen LogP contribution in [0.3, 0.4) is 0 Å². The average Bonchev–Trinajstić information content (AvgIpc) is 2.40. The molecule has 0 aromatic heterocycles. The van der Waals surface area contributed by atoms with Crippen LogP contribution in [0.15, 0.2) is 24.3 Å². The maximum absolute atomic E-state index is 12.1. The van der Waals surface area contributed by atoms with Crippen LogP contribution in [0.2, 0.25) is 0 Å². The summed E-state index contributed by atoms with van der Waals surface area (Å²) in [5, 5.41) is 2.95. The van der Waals surface area contributed by atoms with E-state index in [0.717, 1.165) is 0 Å². The predicted molar refractivity (Wildman–Crippen MR) is 74.1 cm³/mol. The van der Waals surface area contributed by atoms with Gasteiger partial charge in [0.25, 0.3) is 0 Å². The Morgan fingerprint density at radius 1 is 1.24 bits per heavy atom. The van der Waals surface area contributed by atoms with E-state index in [1.54, 1.807) is 11.8 Å². The van der Waals surface area contributed by atoms with Gasteiger partial charge in [-0.05, 0) is 45.0 Å². The summed E-state index contributed by atoms with van der Waals surface area (Å²) in [7, 11) is 0. The Balaban J connectivity index is 2.65. The molecule has 0 spiro atoms. The first-order chi connectivity index (χ1) is 9.76. The van der Waals surface area contributed by atoms with Gasteiger partial charge in [0.15, 0.2) is 0 Å². The normalized spacial score (nSPS) is 12.7. The Morgan fingerprint density at radius 3 is 2.19 bits per heavy atom. The van der Waals surface area contributed by atoms with Crippen molar-refractivity contribution in [1.82, 2.24) is 4.90 Å². The van der Waals surface area contributed by atoms with Crippen molar-refractivity contribution in [2.45, 2.75) is 33.2 Å². The highest BCUT2D eigenvalue weighted by molar-refractivity contribution is 5.84. The van der Waals surface area contributed by atoms with Gasteiger partial charge < -0.3 is 15.0 Å². The lowest BCUT2D eigenvalue weighted by Crippen LogP contribution is -2.41. The number of hydrogen-bond donors (Lipinski definition) is 1. The van der Waals surface area contributed by atoms with E-state index in [4.69, 9.17) is 0 Å². The lowest BCUT2D eigenvalue weighted by Gasteiger charge is -2.24. The first kappa shape index (κ1) is 17.1. The van der Waals surface area contributed by atoms with Crippen LogP contribution in [-0.2, 0) is 4.79 Å². The number of ether oxygens (including phenoxy) is 1. The second kappa shape index (κ2) is 7.19. The third-order valence-corrected chi connectivity index (χ3v) is 2.92. The Morgan fingerprint density at radius 2 is 1.76 bits per heavy atom. The van der Waals surface area contributed by atoms with Gasteiger partial charge in [0.2, 0.25) is 5.91 Å². The van der Waals surface area contributed by atoms with Crippen LogP contribution >= 0.6 is 0 Å². The number of alkyl halides is 3. The highest BCUT2D eigenvalue weighted by Crippen LogP contribution is 2.24. The van der Waals surface area contributed by atoms with Crippen LogP contribution in [0.5, 0.6) is 5.75 Å². The van der Waals surface area contributed by atoms with Crippen molar-refractivity contribution >= 4 is 11.6 Å². The summed E-state index contributed by atoms with van der Waals surface area (Å²) < 4.78 is 39.9. The largest absolute Gasteiger partial charge is 0.573 e. The highest BCUT2D eigenvalue weighted by Gasteiger charge is 2.31. The molecule has 1 amide bonds. The van der Waals surface area contributed by atoms with E-state index in [0.29, 0.717) is 18.8 Å². The quantitative estimate of drug-likeness (QED) is 0.877. The molecule has 0 heterocycles. The molecule has 0 radical (unpaired) electrons. The van der Waals surface area contributed by atoms with Crippen LogP contribution in [-0.4, -0.2) is 36.3 Å². The molecule has 1 N–H and O–H groups in total. The second-order valence-electron chi connectivity index (χ2n) is 4.45. The van der Waals surface area contributed by atoms with Gasteiger partial charge in [-0.15, -0.1) is 13.2 Å². The molecule has 1 unspecified atom stereocenters. The predicted octanol–water partition coefficient (Wildman–Crippen LogP) is 3.25. The summed E-state index contributed by atoms with van der Waals surface area (Å²) in [6, 6.07) is 4.81. The maximum atomic E-state index is 12.1. The van der Waals surface area contributed by atoms with Gasteiger partial charge in [0.1, 0.15) is 11.8 Å². The Bertz CT molecular complexity index is 456. The molecule has 4 nitrogen and oxygen atoms in total. The third kappa shape index (κ3) is 5.53. The molecule has 0 saturated heterocycles. The van der Waals surface area contributed by atoms with Crippen LogP contribution in [0, 0.1) is 0 Å². The maximum Gasteiger partial charge on any atom is 0.573 e. The van der Waals surface area contributed by atoms with Crippen LogP contribution < -0.4 is 10.1 Å². The van der Waals surface area contributed by atoms with Gasteiger partial charge in [0.05, 0.1) is 0 Å². The van der Waals surface area contributed by atoms with Crippen molar-refractivity contribution in [2.24, 2.45) is 0 Å². The summed E-state index contributed by atoms with van der Waals surface area (Å²) in [5.74, 6) is -0.355. The van der Waals surface area contributed by atoms with Crippen molar-refractivity contribution in [1.29, 1.82) is 0 Å². The number of anilines is 1. The van der Waals surface area contributed by atoms with E-state index in [1.807, 2.05) is 13.8 Å². The SMILES string of the molecule is CCN(CC)C(=O)C(C)Nc1ccc(OC(F)(F)F)cc1. The molecule has 21 heavy (non-hydrogen) atoms. The molecule has 0 aliphatic rings. The van der Waals surface area contributed by atoms with Gasteiger partial charge in [-0.2, -0.15) is 0 Å². The fraction of sp³-hybridized carbons (Fsp3) is 0.500. The number of halogens is 3. The lowest BCUT2D eigenvalue weighted by molar-refractivity contribution is -0.274. The van der Waals surface area contributed by atoms with Crippen molar-refractivity contribution in [2.75, 3.05) is 18.4 Å². The van der Waals surface area contributed by atoms with Crippen molar-refractivity contribution in [3.8, 4) is 5.75 Å². The zero-order chi connectivity index (χ0) is 16.0. The molecule has 1 rings (SSSR count). The number of hydrogen-bond acceptors (Lipinski definition) is 3. The first-order valence-electron chi connectivity index (χ1n) is 6.68. The number of carbonyl (C=O) groups excluding carboxylic acids is 1. The monoisotopic (exact) mass is 304 g/mol. The number of nitrogens with one attached hydrogen (secondary N) is 1. The lowest BCUT2D eigenvalue weighted by atomic mass is 10.2. The van der Waals surface area contributed by atoms with Crippen molar-refractivity contribution in [3.05, 3.63) is 24.3 Å². The van der Waals surface area contributed by atoms with E-state index < -0.39 is 12.4 Å². The summed E-state index contributed by atoms with van der Waals surface area (Å²) in [6.45, 7) is 6.70. The molecule has 0 bridgehead atoms. The van der Waals surface area contributed by atoms with Crippen molar-refractivity contribution in [3.63, 3.8) is 0 Å². The number of rotatable bonds is 6. The Labute approximate surface area is 121 Å². The fourth-order valence-corrected chi connectivity index (χ4v) is 1.87. The number of likely N-dealkylation sites (N-methyl/N-ethyl adjacent to an activating group) is 1.